The van der Waals surface area contributed by atoms with Crippen molar-refractivity contribution in [2.24, 2.45) is 0 Å². The fourth-order valence-electron chi connectivity index (χ4n) is 2.04. The quantitative estimate of drug-likeness (QED) is 0.475. The largest absolute Gasteiger partial charge is 0.280 e. The van der Waals surface area contributed by atoms with Gasteiger partial charge in [0.25, 0.3) is 5.56 Å². The summed E-state index contributed by atoms with van der Waals surface area (Å²) in [6.07, 6.45) is 7.75. The number of aromatic nitrogens is 7. The highest BCUT2D eigenvalue weighted by atomic mass is 16.1. The summed E-state index contributed by atoms with van der Waals surface area (Å²) < 4.78 is 4.53. The van der Waals surface area contributed by atoms with Crippen molar-refractivity contribution in [2.75, 3.05) is 0 Å². The molecule has 0 aromatic carbocycles. The van der Waals surface area contributed by atoms with Crippen molar-refractivity contribution in [3.63, 3.8) is 0 Å². The Morgan fingerprint density at radius 2 is 1.95 bits per heavy atom. The minimum Gasteiger partial charge on any atom is -0.267 e. The molecular formula is C11H7N7O. The van der Waals surface area contributed by atoms with Gasteiger partial charge in [-0.2, -0.15) is 5.10 Å². The zero-order chi connectivity index (χ0) is 12.8. The summed E-state index contributed by atoms with van der Waals surface area (Å²) in [7, 11) is 0. The Hall–Kier alpha value is -3.03. The topological polar surface area (TPSA) is 82.9 Å². The fourth-order valence-corrected chi connectivity index (χ4v) is 2.04. The van der Waals surface area contributed by atoms with E-state index in [1.165, 1.54) is 22.0 Å². The molecule has 92 valence electrons. The Bertz CT molecular complexity index is 935. The first kappa shape index (κ1) is 9.95. The van der Waals surface area contributed by atoms with E-state index in [2.05, 4.69) is 20.3 Å². The van der Waals surface area contributed by atoms with Crippen LogP contribution in [0.2, 0.25) is 0 Å². The normalized spacial score (nSPS) is 11.4. The van der Waals surface area contributed by atoms with E-state index in [4.69, 9.17) is 0 Å². The van der Waals surface area contributed by atoms with Crippen LogP contribution in [0.3, 0.4) is 0 Å². The van der Waals surface area contributed by atoms with Gasteiger partial charge >= 0.3 is 0 Å². The summed E-state index contributed by atoms with van der Waals surface area (Å²) in [5.74, 6) is 0. The van der Waals surface area contributed by atoms with Crippen molar-refractivity contribution in [1.29, 1.82) is 0 Å². The van der Waals surface area contributed by atoms with Crippen LogP contribution < -0.4 is 5.56 Å². The van der Waals surface area contributed by atoms with Crippen molar-refractivity contribution in [1.82, 2.24) is 34.1 Å². The average molecular weight is 253 g/mol. The number of hydrogen-bond donors (Lipinski definition) is 0. The van der Waals surface area contributed by atoms with Gasteiger partial charge in [-0.15, -0.1) is 10.2 Å². The highest BCUT2D eigenvalue weighted by molar-refractivity contribution is 5.78. The molecule has 0 radical (unpaired) electrons. The van der Waals surface area contributed by atoms with Crippen LogP contribution in [0.25, 0.3) is 16.6 Å². The second-order valence-corrected chi connectivity index (χ2v) is 3.97. The van der Waals surface area contributed by atoms with E-state index in [1.54, 1.807) is 35.2 Å². The maximum absolute atomic E-state index is 12.4. The van der Waals surface area contributed by atoms with Crippen LogP contribution in [0.15, 0.2) is 48.2 Å². The lowest BCUT2D eigenvalue weighted by Gasteiger charge is -2.07. The highest BCUT2D eigenvalue weighted by Crippen LogP contribution is 2.10. The third-order valence-electron chi connectivity index (χ3n) is 2.92. The summed E-state index contributed by atoms with van der Waals surface area (Å²) in [6.45, 7) is 0. The van der Waals surface area contributed by atoms with Gasteiger partial charge < -0.3 is 0 Å². The van der Waals surface area contributed by atoms with Gasteiger partial charge in [0.2, 0.25) is 0 Å². The van der Waals surface area contributed by atoms with E-state index in [0.717, 1.165) is 0 Å². The summed E-state index contributed by atoms with van der Waals surface area (Å²) >= 11 is 0. The van der Waals surface area contributed by atoms with Crippen LogP contribution >= 0.6 is 0 Å². The Labute approximate surface area is 105 Å². The lowest BCUT2D eigenvalue weighted by Crippen LogP contribution is -2.25. The predicted molar refractivity (Wildman–Crippen MR) is 65.6 cm³/mol. The lowest BCUT2D eigenvalue weighted by atomic mass is 10.3. The van der Waals surface area contributed by atoms with Crippen LogP contribution in [0, 0.1) is 0 Å². The molecule has 4 aromatic rings. The Morgan fingerprint density at radius 1 is 1.11 bits per heavy atom. The van der Waals surface area contributed by atoms with Gasteiger partial charge in [-0.3, -0.25) is 4.79 Å². The Kier molecular flexibility index (Phi) is 1.82. The third kappa shape index (κ3) is 1.30. The van der Waals surface area contributed by atoms with E-state index < -0.39 is 0 Å². The molecule has 0 spiro atoms. The third-order valence-corrected chi connectivity index (χ3v) is 2.92. The molecule has 0 saturated carbocycles. The van der Waals surface area contributed by atoms with Gasteiger partial charge in [-0.1, -0.05) is 0 Å². The summed E-state index contributed by atoms with van der Waals surface area (Å²) in [5.41, 5.74) is 1.21. The van der Waals surface area contributed by atoms with Crippen LogP contribution in [0.1, 0.15) is 0 Å². The Balaban J connectivity index is 2.14. The van der Waals surface area contributed by atoms with Crippen LogP contribution in [-0.4, -0.2) is 34.1 Å². The zero-order valence-corrected chi connectivity index (χ0v) is 9.58. The molecule has 8 heteroatoms. The first-order valence-electron chi connectivity index (χ1n) is 5.54. The number of fused-ring (bicyclic) bond motifs is 3. The van der Waals surface area contributed by atoms with Crippen molar-refractivity contribution in [3.05, 3.63) is 53.7 Å². The van der Waals surface area contributed by atoms with E-state index in [9.17, 15) is 4.79 Å². The molecule has 0 aliphatic carbocycles. The minimum atomic E-state index is -0.206. The summed E-state index contributed by atoms with van der Waals surface area (Å²) in [6, 6.07) is 3.59. The molecule has 0 amide bonds. The molecule has 0 N–H and O–H groups in total. The van der Waals surface area contributed by atoms with Crippen LogP contribution in [0.5, 0.6) is 0 Å². The zero-order valence-electron chi connectivity index (χ0n) is 9.58. The van der Waals surface area contributed by atoms with Crippen molar-refractivity contribution in [3.8, 4) is 0 Å². The number of pyridine rings is 1. The molecule has 0 aliphatic heterocycles. The fraction of sp³-hybridized carbons (Fsp3) is 0. The number of rotatable bonds is 1. The first-order valence-corrected chi connectivity index (χ1v) is 5.54. The minimum absolute atomic E-state index is 0.206. The lowest BCUT2D eigenvalue weighted by molar-refractivity contribution is 0.632. The highest BCUT2D eigenvalue weighted by Gasteiger charge is 2.08. The summed E-state index contributed by atoms with van der Waals surface area (Å²) in [4.78, 5) is 16.6. The molecule has 0 unspecified atom stereocenters. The van der Waals surface area contributed by atoms with Gasteiger partial charge in [0, 0.05) is 18.5 Å². The van der Waals surface area contributed by atoms with Crippen molar-refractivity contribution < 1.29 is 0 Å². The monoisotopic (exact) mass is 253 g/mol. The molecule has 4 heterocycles. The second kappa shape index (κ2) is 3.48. The Morgan fingerprint density at radius 3 is 2.79 bits per heavy atom. The van der Waals surface area contributed by atoms with Gasteiger partial charge in [0.05, 0.1) is 17.1 Å². The molecule has 0 saturated heterocycles. The van der Waals surface area contributed by atoms with E-state index in [1.807, 2.05) is 0 Å². The van der Waals surface area contributed by atoms with Gasteiger partial charge in [-0.05, 0) is 6.07 Å². The molecule has 4 rings (SSSR count). The second-order valence-electron chi connectivity index (χ2n) is 3.97. The van der Waals surface area contributed by atoms with Crippen LogP contribution in [-0.2, 0) is 0 Å². The summed E-state index contributed by atoms with van der Waals surface area (Å²) in [5, 5.41) is 12.0. The van der Waals surface area contributed by atoms with E-state index in [0.29, 0.717) is 16.6 Å². The predicted octanol–water partition coefficient (Wildman–Crippen LogP) is -0.0529. The standard InChI is InChI=1S/C11H7N7O/c19-11-8-5-12-10-1-3-15-18(10)9(8)2-4-17(11)16-6-13-14-7-16/h1-7H. The smallest absolute Gasteiger partial charge is 0.267 e. The van der Waals surface area contributed by atoms with Crippen LogP contribution in [0.4, 0.5) is 0 Å². The maximum atomic E-state index is 12.4. The van der Waals surface area contributed by atoms with E-state index >= 15 is 0 Å². The molecule has 0 atom stereocenters. The molecule has 4 aromatic heterocycles. The molecule has 8 nitrogen and oxygen atoms in total. The molecular weight excluding hydrogens is 246 g/mol. The molecule has 0 aliphatic rings. The number of nitrogens with zero attached hydrogens (tertiary/aromatic N) is 7. The molecule has 19 heavy (non-hydrogen) atoms. The van der Waals surface area contributed by atoms with Gasteiger partial charge in [0.1, 0.15) is 12.7 Å². The number of hydrogen-bond acceptors (Lipinski definition) is 5. The van der Waals surface area contributed by atoms with Crippen molar-refractivity contribution in [2.45, 2.75) is 0 Å². The van der Waals surface area contributed by atoms with Crippen molar-refractivity contribution >= 4 is 16.6 Å². The molecule has 0 bridgehead atoms. The SMILES string of the molecule is O=c1c2cnc3ccnn3c2ccn1-n1cnnc1. The first-order chi connectivity index (χ1) is 9.34. The van der Waals surface area contributed by atoms with Gasteiger partial charge in [0.15, 0.2) is 5.65 Å². The van der Waals surface area contributed by atoms with Gasteiger partial charge in [-0.25, -0.2) is 18.9 Å². The molecule has 0 fully saturated rings. The maximum Gasteiger partial charge on any atom is 0.280 e. The average Bonchev–Trinajstić information content (AvgIpc) is 3.10. The van der Waals surface area contributed by atoms with E-state index in [-0.39, 0.29) is 5.56 Å².